The van der Waals surface area contributed by atoms with E-state index in [4.69, 9.17) is 4.55 Å². The van der Waals surface area contributed by atoms with Crippen LogP contribution < -0.4 is 0 Å². The maximum atomic E-state index is 12.1. The number of hydrogen-bond acceptors (Lipinski definition) is 4. The minimum absolute atomic E-state index is 0.0894. The van der Waals surface area contributed by atoms with E-state index >= 15 is 0 Å². The van der Waals surface area contributed by atoms with E-state index in [0.717, 1.165) is 4.90 Å². The molecule has 0 saturated carbocycles. The summed E-state index contributed by atoms with van der Waals surface area (Å²) in [7, 11) is -4.17. The van der Waals surface area contributed by atoms with Crippen LogP contribution in [0.3, 0.4) is 0 Å². The lowest BCUT2D eigenvalue weighted by atomic mass is 9.80. The second-order valence-electron chi connectivity index (χ2n) is 6.27. The zero-order valence-electron chi connectivity index (χ0n) is 11.7. The molecule has 19 heavy (non-hydrogen) atoms. The lowest BCUT2D eigenvalue weighted by molar-refractivity contribution is -0.139. The van der Waals surface area contributed by atoms with Gasteiger partial charge in [-0.05, 0) is 11.8 Å². The molecule has 1 rings (SSSR count). The first-order chi connectivity index (χ1) is 8.42. The Morgan fingerprint density at radius 3 is 2.16 bits per heavy atom. The van der Waals surface area contributed by atoms with E-state index in [2.05, 4.69) is 0 Å². The average Bonchev–Trinajstić information content (AvgIpc) is 2.38. The summed E-state index contributed by atoms with van der Waals surface area (Å²) >= 11 is 0. The van der Waals surface area contributed by atoms with Crippen LogP contribution in [-0.4, -0.2) is 42.0 Å². The Morgan fingerprint density at radius 1 is 1.21 bits per heavy atom. The summed E-state index contributed by atoms with van der Waals surface area (Å²) in [5, 5.41) is 0. The third kappa shape index (κ3) is 4.28. The highest BCUT2D eigenvalue weighted by molar-refractivity contribution is 7.85. The fraction of sp³-hybridized carbons (Fsp3) is 0.833. The zero-order chi connectivity index (χ0) is 15.0. The fourth-order valence-electron chi connectivity index (χ4n) is 2.29. The second-order valence-corrected chi connectivity index (χ2v) is 7.85. The van der Waals surface area contributed by atoms with Gasteiger partial charge in [0.1, 0.15) is 0 Å². The van der Waals surface area contributed by atoms with Crippen LogP contribution in [0, 0.1) is 17.3 Å². The molecule has 110 valence electrons. The van der Waals surface area contributed by atoms with Gasteiger partial charge in [-0.25, -0.2) is 0 Å². The summed E-state index contributed by atoms with van der Waals surface area (Å²) in [6, 6.07) is 0. The lowest BCUT2D eigenvalue weighted by Gasteiger charge is -2.23. The van der Waals surface area contributed by atoms with E-state index in [9.17, 15) is 18.0 Å². The van der Waals surface area contributed by atoms with Crippen molar-refractivity contribution in [3.05, 3.63) is 0 Å². The molecule has 2 atom stereocenters. The van der Waals surface area contributed by atoms with Crippen LogP contribution in [0.25, 0.3) is 0 Å². The largest absolute Gasteiger partial charge is 0.285 e. The van der Waals surface area contributed by atoms with Gasteiger partial charge in [0.25, 0.3) is 10.1 Å². The standard InChI is InChI=1S/C12H21NO5S/c1-8-9(7-12(2,3)4)11(15)13(10(8)14)5-6-19(16,17)18/h8-9H,5-7H2,1-4H3,(H,16,17,18). The van der Waals surface area contributed by atoms with Gasteiger partial charge in [-0.1, -0.05) is 27.7 Å². The summed E-state index contributed by atoms with van der Waals surface area (Å²) in [4.78, 5) is 25.1. The van der Waals surface area contributed by atoms with E-state index in [1.807, 2.05) is 20.8 Å². The average molecular weight is 291 g/mol. The maximum absolute atomic E-state index is 12.1. The van der Waals surface area contributed by atoms with Crippen LogP contribution in [0.4, 0.5) is 0 Å². The van der Waals surface area contributed by atoms with Crippen LogP contribution in [-0.2, 0) is 19.7 Å². The summed E-state index contributed by atoms with van der Waals surface area (Å²) in [5.74, 6) is -2.15. The number of imide groups is 1. The Hall–Kier alpha value is -0.950. The van der Waals surface area contributed by atoms with E-state index in [0.29, 0.717) is 6.42 Å². The van der Waals surface area contributed by atoms with E-state index < -0.39 is 27.7 Å². The molecule has 1 saturated heterocycles. The van der Waals surface area contributed by atoms with Crippen molar-refractivity contribution in [2.24, 2.45) is 17.3 Å². The first-order valence-electron chi connectivity index (χ1n) is 6.23. The monoisotopic (exact) mass is 291 g/mol. The maximum Gasteiger partial charge on any atom is 0.266 e. The van der Waals surface area contributed by atoms with Crippen molar-refractivity contribution in [2.45, 2.75) is 34.1 Å². The van der Waals surface area contributed by atoms with Crippen molar-refractivity contribution >= 4 is 21.9 Å². The lowest BCUT2D eigenvalue weighted by Crippen LogP contribution is -2.35. The van der Waals surface area contributed by atoms with Crippen molar-refractivity contribution in [1.29, 1.82) is 0 Å². The van der Waals surface area contributed by atoms with Crippen LogP contribution >= 0.6 is 0 Å². The van der Waals surface area contributed by atoms with Gasteiger partial charge in [-0.2, -0.15) is 8.42 Å². The van der Waals surface area contributed by atoms with Crippen LogP contribution in [0.1, 0.15) is 34.1 Å². The molecule has 0 spiro atoms. The molecular weight excluding hydrogens is 270 g/mol. The Kier molecular flexibility index (Phi) is 4.41. The van der Waals surface area contributed by atoms with Gasteiger partial charge in [-0.3, -0.25) is 19.0 Å². The molecule has 1 aliphatic heterocycles. The fourth-order valence-corrected chi connectivity index (χ4v) is 2.70. The molecule has 2 unspecified atom stereocenters. The van der Waals surface area contributed by atoms with Crippen LogP contribution in [0.2, 0.25) is 0 Å². The first-order valence-corrected chi connectivity index (χ1v) is 7.84. The predicted octanol–water partition coefficient (Wildman–Crippen LogP) is 0.932. The van der Waals surface area contributed by atoms with Gasteiger partial charge in [0.15, 0.2) is 0 Å². The number of hydrogen-bond donors (Lipinski definition) is 1. The minimum atomic E-state index is -4.17. The smallest absolute Gasteiger partial charge is 0.266 e. The normalized spacial score (nSPS) is 25.2. The highest BCUT2D eigenvalue weighted by atomic mass is 32.2. The molecule has 0 aromatic rings. The van der Waals surface area contributed by atoms with Gasteiger partial charge < -0.3 is 0 Å². The van der Waals surface area contributed by atoms with Gasteiger partial charge >= 0.3 is 0 Å². The van der Waals surface area contributed by atoms with Gasteiger partial charge in [0, 0.05) is 12.5 Å². The third-order valence-corrected chi connectivity index (χ3v) is 3.95. The Bertz CT molecular complexity index is 477. The number of amides is 2. The number of nitrogens with zero attached hydrogens (tertiary/aromatic N) is 1. The van der Waals surface area contributed by atoms with Gasteiger partial charge in [0.05, 0.1) is 11.7 Å². The molecule has 0 aliphatic carbocycles. The summed E-state index contributed by atoms with van der Waals surface area (Å²) in [6.45, 7) is 7.36. The molecular formula is C12H21NO5S. The topological polar surface area (TPSA) is 91.8 Å². The zero-order valence-corrected chi connectivity index (χ0v) is 12.5. The minimum Gasteiger partial charge on any atom is -0.285 e. The molecule has 1 fully saturated rings. The summed E-state index contributed by atoms with van der Waals surface area (Å²) in [5.41, 5.74) is -0.0894. The quantitative estimate of drug-likeness (QED) is 0.614. The number of rotatable bonds is 4. The Labute approximate surface area is 113 Å². The molecule has 0 aromatic heterocycles. The molecule has 2 amide bonds. The van der Waals surface area contributed by atoms with Gasteiger partial charge in [-0.15, -0.1) is 0 Å². The molecule has 1 aliphatic rings. The summed E-state index contributed by atoms with van der Waals surface area (Å²) < 4.78 is 30.1. The van der Waals surface area contributed by atoms with Crippen molar-refractivity contribution in [3.8, 4) is 0 Å². The molecule has 0 bridgehead atoms. The first kappa shape index (κ1) is 16.1. The number of likely N-dealkylation sites (tertiary alicyclic amines) is 1. The highest BCUT2D eigenvalue weighted by Gasteiger charge is 2.46. The predicted molar refractivity (Wildman–Crippen MR) is 69.9 cm³/mol. The molecule has 1 heterocycles. The Morgan fingerprint density at radius 2 is 1.74 bits per heavy atom. The van der Waals surface area contributed by atoms with Crippen molar-refractivity contribution in [1.82, 2.24) is 4.90 Å². The van der Waals surface area contributed by atoms with Crippen molar-refractivity contribution in [3.63, 3.8) is 0 Å². The van der Waals surface area contributed by atoms with E-state index in [1.54, 1.807) is 6.92 Å². The van der Waals surface area contributed by atoms with Crippen LogP contribution in [0.15, 0.2) is 0 Å². The molecule has 7 heteroatoms. The second kappa shape index (κ2) is 5.20. The number of carbonyl (C=O) groups excluding carboxylic acids is 2. The van der Waals surface area contributed by atoms with Crippen LogP contribution in [0.5, 0.6) is 0 Å². The van der Waals surface area contributed by atoms with Crippen molar-refractivity contribution in [2.75, 3.05) is 12.3 Å². The SMILES string of the molecule is CC1C(=O)N(CCS(=O)(=O)O)C(=O)C1CC(C)(C)C. The molecule has 0 radical (unpaired) electrons. The van der Waals surface area contributed by atoms with E-state index in [1.165, 1.54) is 0 Å². The van der Waals surface area contributed by atoms with Gasteiger partial charge in [0.2, 0.25) is 11.8 Å². The third-order valence-electron chi connectivity index (χ3n) is 3.25. The molecule has 6 nitrogen and oxygen atoms in total. The summed E-state index contributed by atoms with van der Waals surface area (Å²) in [6.07, 6.45) is 0.571. The Balaban J connectivity index is 2.82. The number of carbonyl (C=O) groups is 2. The van der Waals surface area contributed by atoms with E-state index in [-0.39, 0.29) is 23.8 Å². The molecule has 1 N–H and O–H groups in total. The highest BCUT2D eigenvalue weighted by Crippen LogP contribution is 2.35. The van der Waals surface area contributed by atoms with Crippen molar-refractivity contribution < 1.29 is 22.6 Å². The molecule has 0 aromatic carbocycles.